The normalized spacial score (nSPS) is 49.9. The van der Waals surface area contributed by atoms with Crippen molar-refractivity contribution >= 4 is 11.9 Å². The van der Waals surface area contributed by atoms with Gasteiger partial charge in [0.1, 0.15) is 5.60 Å². The number of carbonyl (C=O) groups is 2. The lowest BCUT2D eigenvalue weighted by atomic mass is 9.70. The minimum Gasteiger partial charge on any atom is -0.466 e. The summed E-state index contributed by atoms with van der Waals surface area (Å²) in [4.78, 5) is 23.8. The average Bonchev–Trinajstić information content (AvgIpc) is 2.77. The number of carbonyl (C=O) groups excluding carboxylic acids is 2. The number of rotatable bonds is 1. The number of methoxy groups -OCH3 is 1. The smallest absolute Gasteiger partial charge is 0.351 e. The standard InChI is InChI=1S/C14H20O5/c1-12(2)7-5-9-13(3,6-8(7)12)19-11(16)14(9,17)10(15)18-4/h7-9,17H,5-6H2,1-4H3/t7-,8+,9-,13+,14+/m1/s1. The van der Waals surface area contributed by atoms with Crippen LogP contribution in [0.15, 0.2) is 0 Å². The molecule has 0 unspecified atom stereocenters. The summed E-state index contributed by atoms with van der Waals surface area (Å²) in [7, 11) is 1.18. The van der Waals surface area contributed by atoms with Crippen molar-refractivity contribution in [3.8, 4) is 0 Å². The zero-order valence-corrected chi connectivity index (χ0v) is 11.7. The van der Waals surface area contributed by atoms with Crippen LogP contribution in [-0.2, 0) is 19.1 Å². The molecule has 0 aromatic carbocycles. The number of fused-ring (bicyclic) bond motifs is 2. The van der Waals surface area contributed by atoms with Gasteiger partial charge >= 0.3 is 11.9 Å². The Kier molecular flexibility index (Phi) is 2.25. The Bertz CT molecular complexity index is 470. The van der Waals surface area contributed by atoms with Gasteiger partial charge in [-0.3, -0.25) is 0 Å². The highest BCUT2D eigenvalue weighted by Crippen LogP contribution is 2.70. The molecule has 0 bridgehead atoms. The molecule has 5 atom stereocenters. The molecule has 1 saturated heterocycles. The molecule has 2 aliphatic carbocycles. The van der Waals surface area contributed by atoms with Crippen LogP contribution < -0.4 is 0 Å². The molecule has 5 heteroatoms. The molecule has 0 radical (unpaired) electrons. The molecule has 0 aromatic heterocycles. The van der Waals surface area contributed by atoms with Gasteiger partial charge in [-0.1, -0.05) is 13.8 Å². The van der Waals surface area contributed by atoms with Crippen LogP contribution in [0.5, 0.6) is 0 Å². The Balaban J connectivity index is 1.98. The molecule has 106 valence electrons. The fraction of sp³-hybridized carbons (Fsp3) is 0.857. The highest BCUT2D eigenvalue weighted by molar-refractivity contribution is 6.05. The van der Waals surface area contributed by atoms with Gasteiger partial charge in [-0.15, -0.1) is 0 Å². The lowest BCUT2D eigenvalue weighted by Crippen LogP contribution is -2.53. The summed E-state index contributed by atoms with van der Waals surface area (Å²) in [6.45, 7) is 6.19. The van der Waals surface area contributed by atoms with E-state index in [1.165, 1.54) is 7.11 Å². The van der Waals surface area contributed by atoms with Crippen LogP contribution in [0.25, 0.3) is 0 Å². The minimum atomic E-state index is -2.13. The highest BCUT2D eigenvalue weighted by atomic mass is 16.6. The molecule has 0 aromatic rings. The SMILES string of the molecule is COC(=O)[C@]1(O)C(=O)O[C@@]2(C)C[C@H]3[C@@H](C[C@@H]12)C3(C)C. The van der Waals surface area contributed by atoms with Crippen LogP contribution in [0.2, 0.25) is 0 Å². The Hall–Kier alpha value is -1.10. The molecule has 19 heavy (non-hydrogen) atoms. The lowest BCUT2D eigenvalue weighted by molar-refractivity contribution is -0.175. The van der Waals surface area contributed by atoms with Crippen LogP contribution in [0.3, 0.4) is 0 Å². The van der Waals surface area contributed by atoms with Gasteiger partial charge in [-0.25, -0.2) is 9.59 Å². The summed E-state index contributed by atoms with van der Waals surface area (Å²) in [6.07, 6.45) is 1.34. The molecular formula is C14H20O5. The van der Waals surface area contributed by atoms with Crippen LogP contribution >= 0.6 is 0 Å². The predicted octanol–water partition coefficient (Wildman–Crippen LogP) is 0.888. The Morgan fingerprint density at radius 2 is 2.00 bits per heavy atom. The summed E-state index contributed by atoms with van der Waals surface area (Å²) in [6, 6.07) is 0. The van der Waals surface area contributed by atoms with E-state index >= 15 is 0 Å². The van der Waals surface area contributed by atoms with E-state index in [2.05, 4.69) is 18.6 Å². The first-order valence-electron chi connectivity index (χ1n) is 6.72. The molecule has 1 N–H and O–H groups in total. The number of aliphatic hydroxyl groups is 1. The lowest BCUT2D eigenvalue weighted by Gasteiger charge is -2.35. The van der Waals surface area contributed by atoms with Gasteiger partial charge in [0, 0.05) is 5.92 Å². The highest BCUT2D eigenvalue weighted by Gasteiger charge is 2.75. The maximum Gasteiger partial charge on any atom is 0.351 e. The monoisotopic (exact) mass is 268 g/mol. The van der Waals surface area contributed by atoms with E-state index in [1.807, 2.05) is 6.92 Å². The maximum absolute atomic E-state index is 12.0. The van der Waals surface area contributed by atoms with Crippen molar-refractivity contribution in [2.45, 2.75) is 44.8 Å². The zero-order chi connectivity index (χ0) is 14.2. The fourth-order valence-electron chi connectivity index (χ4n) is 4.35. The van der Waals surface area contributed by atoms with Crippen molar-refractivity contribution < 1.29 is 24.2 Å². The predicted molar refractivity (Wildman–Crippen MR) is 64.9 cm³/mol. The molecule has 0 spiro atoms. The third kappa shape index (κ3) is 1.34. The summed E-state index contributed by atoms with van der Waals surface area (Å²) >= 11 is 0. The number of ether oxygens (including phenoxy) is 2. The molecule has 1 heterocycles. The van der Waals surface area contributed by atoms with Gasteiger partial charge in [0.05, 0.1) is 7.11 Å². The summed E-state index contributed by atoms with van der Waals surface area (Å²) in [5.41, 5.74) is -2.68. The van der Waals surface area contributed by atoms with E-state index in [1.54, 1.807) is 0 Å². The third-order valence-corrected chi connectivity index (χ3v) is 5.78. The van der Waals surface area contributed by atoms with Crippen molar-refractivity contribution in [2.75, 3.05) is 7.11 Å². The quantitative estimate of drug-likeness (QED) is 0.565. The maximum atomic E-state index is 12.0. The second-order valence-electron chi connectivity index (χ2n) is 6.99. The van der Waals surface area contributed by atoms with Crippen molar-refractivity contribution in [1.29, 1.82) is 0 Å². The summed E-state index contributed by atoms with van der Waals surface area (Å²) < 4.78 is 10.0. The largest absolute Gasteiger partial charge is 0.466 e. The number of hydrogen-bond donors (Lipinski definition) is 1. The van der Waals surface area contributed by atoms with Crippen LogP contribution in [0, 0.1) is 23.2 Å². The topological polar surface area (TPSA) is 72.8 Å². The van der Waals surface area contributed by atoms with Gasteiger partial charge in [0.15, 0.2) is 0 Å². The second-order valence-corrected chi connectivity index (χ2v) is 6.99. The third-order valence-electron chi connectivity index (χ3n) is 5.78. The van der Waals surface area contributed by atoms with Crippen LogP contribution in [0.4, 0.5) is 0 Å². The van der Waals surface area contributed by atoms with Gasteiger partial charge < -0.3 is 14.6 Å². The van der Waals surface area contributed by atoms with Crippen molar-refractivity contribution in [3.63, 3.8) is 0 Å². The summed E-state index contributed by atoms with van der Waals surface area (Å²) in [5, 5.41) is 10.5. The van der Waals surface area contributed by atoms with Gasteiger partial charge in [-0.05, 0) is 37.0 Å². The Labute approximate surface area is 112 Å². The van der Waals surface area contributed by atoms with Gasteiger partial charge in [0.25, 0.3) is 5.60 Å². The molecular weight excluding hydrogens is 248 g/mol. The Morgan fingerprint density at radius 3 is 2.58 bits per heavy atom. The Morgan fingerprint density at radius 1 is 1.37 bits per heavy atom. The van der Waals surface area contributed by atoms with E-state index < -0.39 is 29.1 Å². The fourth-order valence-corrected chi connectivity index (χ4v) is 4.35. The van der Waals surface area contributed by atoms with E-state index in [4.69, 9.17) is 4.74 Å². The zero-order valence-electron chi connectivity index (χ0n) is 11.7. The number of hydrogen-bond acceptors (Lipinski definition) is 5. The van der Waals surface area contributed by atoms with Crippen LogP contribution in [-0.4, -0.2) is 35.4 Å². The molecule has 3 rings (SSSR count). The van der Waals surface area contributed by atoms with Crippen molar-refractivity contribution in [1.82, 2.24) is 0 Å². The molecule has 2 saturated carbocycles. The van der Waals surface area contributed by atoms with E-state index in [0.717, 1.165) is 0 Å². The molecule has 3 fully saturated rings. The van der Waals surface area contributed by atoms with E-state index in [9.17, 15) is 14.7 Å². The minimum absolute atomic E-state index is 0.205. The first-order chi connectivity index (χ1) is 8.68. The van der Waals surface area contributed by atoms with Gasteiger partial charge in [0.2, 0.25) is 0 Å². The van der Waals surface area contributed by atoms with Gasteiger partial charge in [-0.2, -0.15) is 0 Å². The van der Waals surface area contributed by atoms with Crippen molar-refractivity contribution in [2.24, 2.45) is 23.2 Å². The number of esters is 2. The summed E-state index contributed by atoms with van der Waals surface area (Å²) in [5.74, 6) is -1.32. The van der Waals surface area contributed by atoms with E-state index in [-0.39, 0.29) is 5.41 Å². The van der Waals surface area contributed by atoms with Crippen LogP contribution in [0.1, 0.15) is 33.6 Å². The second kappa shape index (κ2) is 3.32. The molecule has 3 aliphatic rings. The van der Waals surface area contributed by atoms with Crippen molar-refractivity contribution in [3.05, 3.63) is 0 Å². The van der Waals surface area contributed by atoms with E-state index in [0.29, 0.717) is 24.7 Å². The molecule has 5 nitrogen and oxygen atoms in total. The first-order valence-corrected chi connectivity index (χ1v) is 6.72. The first kappa shape index (κ1) is 12.9. The molecule has 0 amide bonds. The molecule has 1 aliphatic heterocycles. The average molecular weight is 268 g/mol.